The van der Waals surface area contributed by atoms with Crippen molar-refractivity contribution >= 4 is 0 Å². The molecule has 5 heteroatoms. The van der Waals surface area contributed by atoms with E-state index in [-0.39, 0.29) is 12.5 Å². The Morgan fingerprint density at radius 1 is 0.880 bits per heavy atom. The number of hydrogen-bond donors (Lipinski definition) is 0. The molecule has 25 heavy (non-hydrogen) atoms. The maximum atomic E-state index is 6.25. The largest absolute Gasteiger partial charge is 0.475 e. The first-order valence-electron chi connectivity index (χ1n) is 9.55. The molecular formula is C20H34N2O3. The summed E-state index contributed by atoms with van der Waals surface area (Å²) < 4.78 is 18.3. The topological polar surface area (TPSA) is 34.2 Å². The zero-order chi connectivity index (χ0) is 18.1. The maximum absolute atomic E-state index is 6.25. The lowest BCUT2D eigenvalue weighted by atomic mass is 10.2. The third kappa shape index (κ3) is 6.49. The van der Waals surface area contributed by atoms with Gasteiger partial charge in [-0.15, -0.1) is 0 Å². The van der Waals surface area contributed by atoms with E-state index in [1.165, 1.54) is 0 Å². The highest BCUT2D eigenvalue weighted by Gasteiger charge is 2.18. The van der Waals surface area contributed by atoms with Gasteiger partial charge in [-0.05, 0) is 52.2 Å². The molecule has 0 N–H and O–H groups in total. The average Bonchev–Trinajstić information content (AvgIpc) is 2.63. The molecule has 2 atom stereocenters. The molecule has 142 valence electrons. The minimum atomic E-state index is 0.0564. The van der Waals surface area contributed by atoms with Crippen LogP contribution in [0.5, 0.6) is 11.5 Å². The Morgan fingerprint density at radius 3 is 1.80 bits per heavy atom. The van der Waals surface area contributed by atoms with Gasteiger partial charge in [0.25, 0.3) is 0 Å². The van der Waals surface area contributed by atoms with Gasteiger partial charge in [0, 0.05) is 32.1 Å². The van der Waals surface area contributed by atoms with Crippen LogP contribution in [0.2, 0.25) is 0 Å². The normalized spacial score (nSPS) is 23.0. The van der Waals surface area contributed by atoms with Crippen LogP contribution in [0.1, 0.15) is 39.5 Å². The van der Waals surface area contributed by atoms with Crippen LogP contribution in [0, 0.1) is 0 Å². The predicted octanol–water partition coefficient (Wildman–Crippen LogP) is 3.59. The van der Waals surface area contributed by atoms with Crippen molar-refractivity contribution in [1.29, 1.82) is 0 Å². The lowest BCUT2D eigenvalue weighted by Crippen LogP contribution is -2.37. The molecule has 2 unspecified atom stereocenters. The van der Waals surface area contributed by atoms with Crippen molar-refractivity contribution in [3.8, 4) is 11.5 Å². The highest BCUT2D eigenvalue weighted by Crippen LogP contribution is 2.24. The van der Waals surface area contributed by atoms with Crippen LogP contribution in [-0.4, -0.2) is 62.7 Å². The summed E-state index contributed by atoms with van der Waals surface area (Å²) in [5.74, 6) is 1.72. The summed E-state index contributed by atoms with van der Waals surface area (Å²) in [5.41, 5.74) is 0. The Labute approximate surface area is 152 Å². The first-order chi connectivity index (χ1) is 12.1. The Balaban J connectivity index is 2.17. The van der Waals surface area contributed by atoms with Crippen molar-refractivity contribution in [2.45, 2.75) is 52.0 Å². The van der Waals surface area contributed by atoms with Crippen LogP contribution < -0.4 is 9.47 Å². The second kappa shape index (κ2) is 10.6. The maximum Gasteiger partial charge on any atom is 0.152 e. The summed E-state index contributed by atoms with van der Waals surface area (Å²) in [5, 5.41) is 0. The van der Waals surface area contributed by atoms with Gasteiger partial charge in [0.15, 0.2) is 12.5 Å². The van der Waals surface area contributed by atoms with Gasteiger partial charge in [0.1, 0.15) is 11.5 Å². The molecule has 1 heterocycles. The van der Waals surface area contributed by atoms with E-state index in [1.54, 1.807) is 0 Å². The summed E-state index contributed by atoms with van der Waals surface area (Å²) in [6, 6.07) is 8.02. The molecular weight excluding hydrogens is 316 g/mol. The van der Waals surface area contributed by atoms with E-state index in [4.69, 9.17) is 14.2 Å². The van der Waals surface area contributed by atoms with E-state index < -0.39 is 0 Å². The quantitative estimate of drug-likeness (QED) is 0.829. The third-order valence-electron chi connectivity index (χ3n) is 4.81. The van der Waals surface area contributed by atoms with Crippen LogP contribution in [0.3, 0.4) is 0 Å². The number of hydrogen-bond acceptors (Lipinski definition) is 5. The summed E-state index contributed by atoms with van der Waals surface area (Å²) in [6.07, 6.45) is 4.03. The molecule has 1 aliphatic rings. The minimum absolute atomic E-state index is 0.0564. The van der Waals surface area contributed by atoms with Crippen LogP contribution in [0.4, 0.5) is 0 Å². The molecule has 0 fully saturated rings. The molecule has 0 saturated heterocycles. The number of rotatable bonds is 4. The van der Waals surface area contributed by atoms with Crippen molar-refractivity contribution in [3.05, 3.63) is 24.3 Å². The minimum Gasteiger partial charge on any atom is -0.475 e. The molecule has 2 rings (SSSR count). The second-order valence-electron chi connectivity index (χ2n) is 6.66. The highest BCUT2D eigenvalue weighted by atomic mass is 16.5. The van der Waals surface area contributed by atoms with Crippen LogP contribution in [0.15, 0.2) is 24.3 Å². The lowest BCUT2D eigenvalue weighted by Gasteiger charge is -2.30. The number of nitrogens with zero attached hydrogens (tertiary/aromatic N) is 2. The van der Waals surface area contributed by atoms with Gasteiger partial charge in [-0.1, -0.05) is 19.9 Å². The van der Waals surface area contributed by atoms with Gasteiger partial charge in [-0.2, -0.15) is 0 Å². The van der Waals surface area contributed by atoms with Crippen LogP contribution >= 0.6 is 0 Å². The van der Waals surface area contributed by atoms with Gasteiger partial charge < -0.3 is 14.2 Å². The van der Waals surface area contributed by atoms with Gasteiger partial charge >= 0.3 is 0 Å². The highest BCUT2D eigenvalue weighted by molar-refractivity contribution is 5.33. The zero-order valence-corrected chi connectivity index (χ0v) is 16.2. The van der Waals surface area contributed by atoms with E-state index >= 15 is 0 Å². The molecule has 1 aromatic rings. The third-order valence-corrected chi connectivity index (χ3v) is 4.81. The average molecular weight is 351 g/mol. The van der Waals surface area contributed by atoms with Gasteiger partial charge in [0.2, 0.25) is 0 Å². The number of ether oxygens (including phenoxy) is 3. The zero-order valence-electron chi connectivity index (χ0n) is 16.2. The summed E-state index contributed by atoms with van der Waals surface area (Å²) in [6.45, 7) is 7.77. The summed E-state index contributed by atoms with van der Waals surface area (Å²) in [7, 11) is 4.20. The van der Waals surface area contributed by atoms with E-state index in [9.17, 15) is 0 Å². The Hall–Kier alpha value is -1.30. The van der Waals surface area contributed by atoms with E-state index in [1.807, 2.05) is 24.3 Å². The molecule has 5 nitrogen and oxygen atoms in total. The molecule has 0 aliphatic carbocycles. The SMILES string of the molecule is CCN(C)C1CCCOCCCC(N(C)CC)Oc2cccc(c2)O1. The van der Waals surface area contributed by atoms with Gasteiger partial charge in [0.05, 0.1) is 0 Å². The number of fused-ring (bicyclic) bond motifs is 2. The molecule has 1 aromatic carbocycles. The first-order valence-corrected chi connectivity index (χ1v) is 9.55. The molecule has 0 aromatic heterocycles. The fourth-order valence-corrected chi connectivity index (χ4v) is 2.90. The van der Waals surface area contributed by atoms with Crippen LogP contribution in [0.25, 0.3) is 0 Å². The smallest absolute Gasteiger partial charge is 0.152 e. The second-order valence-corrected chi connectivity index (χ2v) is 6.66. The van der Waals surface area contributed by atoms with Crippen molar-refractivity contribution < 1.29 is 14.2 Å². The standard InChI is InChI=1S/C20H34N2O3/c1-5-21(3)19-12-8-14-23-15-9-13-20(22(4)6-2)25-18-11-7-10-17(16-18)24-19/h7,10-11,16,19-20H,5-6,8-9,12-15H2,1-4H3. The Kier molecular flexibility index (Phi) is 8.52. The Bertz CT molecular complexity index is 458. The van der Waals surface area contributed by atoms with E-state index in [0.29, 0.717) is 0 Å². The molecule has 2 bridgehead atoms. The lowest BCUT2D eigenvalue weighted by molar-refractivity contribution is 0.0166. The van der Waals surface area contributed by atoms with E-state index in [2.05, 4.69) is 37.7 Å². The van der Waals surface area contributed by atoms with Gasteiger partial charge in [-0.3, -0.25) is 9.80 Å². The van der Waals surface area contributed by atoms with Gasteiger partial charge in [-0.25, -0.2) is 0 Å². The number of benzene rings is 1. The molecule has 0 saturated carbocycles. The van der Waals surface area contributed by atoms with Crippen molar-refractivity contribution in [2.24, 2.45) is 0 Å². The fourth-order valence-electron chi connectivity index (χ4n) is 2.90. The fraction of sp³-hybridized carbons (Fsp3) is 0.700. The van der Waals surface area contributed by atoms with Crippen molar-refractivity contribution in [3.63, 3.8) is 0 Å². The molecule has 1 aliphatic heterocycles. The predicted molar refractivity (Wildman–Crippen MR) is 101 cm³/mol. The Morgan fingerprint density at radius 2 is 1.36 bits per heavy atom. The molecule has 0 radical (unpaired) electrons. The molecule has 0 amide bonds. The van der Waals surface area contributed by atoms with Crippen molar-refractivity contribution in [1.82, 2.24) is 9.80 Å². The van der Waals surface area contributed by atoms with E-state index in [0.717, 1.165) is 63.5 Å². The summed E-state index contributed by atoms with van der Waals surface area (Å²) in [4.78, 5) is 4.46. The monoisotopic (exact) mass is 350 g/mol. The van der Waals surface area contributed by atoms with Crippen LogP contribution in [-0.2, 0) is 4.74 Å². The summed E-state index contributed by atoms with van der Waals surface area (Å²) >= 11 is 0. The molecule has 0 spiro atoms. The van der Waals surface area contributed by atoms with Crippen molar-refractivity contribution in [2.75, 3.05) is 40.4 Å². The first kappa shape index (κ1) is 20.0.